The normalized spacial score (nSPS) is 19.3. The molecule has 1 saturated heterocycles. The second-order valence-electron chi connectivity index (χ2n) is 8.22. The Labute approximate surface area is 188 Å². The van der Waals surface area contributed by atoms with Crippen LogP contribution in [0.4, 0.5) is 18.9 Å². The van der Waals surface area contributed by atoms with Crippen molar-refractivity contribution in [2.75, 3.05) is 31.2 Å². The highest BCUT2D eigenvalue weighted by Crippen LogP contribution is 2.62. The molecule has 1 fully saturated rings. The Kier molecular flexibility index (Phi) is 6.50. The van der Waals surface area contributed by atoms with Crippen LogP contribution in [0.5, 0.6) is 0 Å². The van der Waals surface area contributed by atoms with Gasteiger partial charge in [-0.1, -0.05) is 0 Å². The number of benzene rings is 1. The fourth-order valence-corrected chi connectivity index (χ4v) is 7.05. The van der Waals surface area contributed by atoms with Crippen LogP contribution in [0.1, 0.15) is 56.4 Å². The van der Waals surface area contributed by atoms with E-state index < -0.39 is 36.2 Å². The Morgan fingerprint density at radius 3 is 2.33 bits per heavy atom. The van der Waals surface area contributed by atoms with E-state index in [1.165, 1.54) is 0 Å². The number of H-pyrrole nitrogens is 1. The molecule has 4 rings (SSSR count). The zero-order chi connectivity index (χ0) is 24.0. The van der Waals surface area contributed by atoms with E-state index in [-0.39, 0.29) is 42.8 Å². The molecule has 1 unspecified atom stereocenters. The van der Waals surface area contributed by atoms with E-state index >= 15 is 0 Å². The monoisotopic (exact) mass is 489 g/mol. The molecule has 2 aliphatic rings. The van der Waals surface area contributed by atoms with Gasteiger partial charge < -0.3 is 18.9 Å². The average molecular weight is 489 g/mol. The Balaban J connectivity index is 2.07. The van der Waals surface area contributed by atoms with Gasteiger partial charge in [-0.3, -0.25) is 18.7 Å². The van der Waals surface area contributed by atoms with Gasteiger partial charge in [0.2, 0.25) is 0 Å². The predicted octanol–water partition coefficient (Wildman–Crippen LogP) is 4.41. The molecule has 0 saturated carbocycles. The Hall–Kier alpha value is -2.10. The molecule has 3 heterocycles. The third-order valence-corrected chi connectivity index (χ3v) is 8.64. The van der Waals surface area contributed by atoms with E-state index in [1.54, 1.807) is 18.7 Å². The zero-order valence-corrected chi connectivity index (χ0v) is 19.4. The van der Waals surface area contributed by atoms with Crippen LogP contribution in [0.25, 0.3) is 11.0 Å². The van der Waals surface area contributed by atoms with Crippen LogP contribution >= 0.6 is 7.60 Å². The van der Waals surface area contributed by atoms with Crippen LogP contribution in [0.15, 0.2) is 15.7 Å². The molecule has 2 aromatic rings. The molecule has 1 aromatic heterocycles. The lowest BCUT2D eigenvalue weighted by molar-refractivity contribution is -0.137. The Bertz CT molecular complexity index is 1210. The fourth-order valence-electron chi connectivity index (χ4n) is 4.96. The van der Waals surface area contributed by atoms with E-state index in [9.17, 15) is 27.3 Å². The van der Waals surface area contributed by atoms with Crippen molar-refractivity contribution in [3.8, 4) is 0 Å². The minimum Gasteiger partial charge on any atom is -0.371 e. The molecule has 0 spiro atoms. The smallest absolute Gasteiger partial charge is 0.371 e. The van der Waals surface area contributed by atoms with Crippen LogP contribution in [0.3, 0.4) is 0 Å². The highest BCUT2D eigenvalue weighted by molar-refractivity contribution is 7.54. The summed E-state index contributed by atoms with van der Waals surface area (Å²) in [6.07, 6.45) is -2.01. The summed E-state index contributed by atoms with van der Waals surface area (Å²) in [4.78, 5) is 29.4. The van der Waals surface area contributed by atoms with Gasteiger partial charge in [0, 0.05) is 18.7 Å². The molecule has 1 N–H and O–H groups in total. The zero-order valence-electron chi connectivity index (χ0n) is 18.5. The lowest BCUT2D eigenvalue weighted by Crippen LogP contribution is -2.41. The predicted molar refractivity (Wildman–Crippen MR) is 118 cm³/mol. The van der Waals surface area contributed by atoms with Crippen molar-refractivity contribution in [1.29, 1.82) is 0 Å². The van der Waals surface area contributed by atoms with Crippen LogP contribution in [0.2, 0.25) is 0 Å². The van der Waals surface area contributed by atoms with Crippen LogP contribution < -0.4 is 16.0 Å². The van der Waals surface area contributed by atoms with Gasteiger partial charge in [0.15, 0.2) is 0 Å². The maximum absolute atomic E-state index is 14.1. The van der Waals surface area contributed by atoms with Gasteiger partial charge in [-0.2, -0.15) is 13.2 Å². The molecule has 1 aromatic carbocycles. The largest absolute Gasteiger partial charge is 0.418 e. The Morgan fingerprint density at radius 2 is 1.76 bits per heavy atom. The number of aryl methyl sites for hydroxylation is 1. The lowest BCUT2D eigenvalue weighted by atomic mass is 9.95. The minimum absolute atomic E-state index is 0.0380. The lowest BCUT2D eigenvalue weighted by Gasteiger charge is -2.37. The standard InChI is InChI=1S/C21H27F3N3O5P/c1-3-31-33(30,32-4-2)16-9-8-13-17(26-10-6-5-7-11-26)14(21(22,23)24)12-15-18(13)27(16)20(29)19(28)25-15/h12,16H,3-11H2,1-2H3,(H,25,28). The number of aromatic amines is 1. The van der Waals surface area contributed by atoms with Gasteiger partial charge in [0.1, 0.15) is 5.78 Å². The van der Waals surface area contributed by atoms with Gasteiger partial charge >= 0.3 is 24.9 Å². The molecular weight excluding hydrogens is 462 g/mol. The number of nitrogens with zero attached hydrogens (tertiary/aromatic N) is 2. The molecular formula is C21H27F3N3O5P. The number of alkyl halides is 3. The second kappa shape index (κ2) is 8.92. The van der Waals surface area contributed by atoms with E-state index in [4.69, 9.17) is 9.05 Å². The van der Waals surface area contributed by atoms with Crippen LogP contribution in [0, 0.1) is 0 Å². The van der Waals surface area contributed by atoms with Gasteiger partial charge in [0.25, 0.3) is 0 Å². The van der Waals surface area contributed by atoms with Crippen molar-refractivity contribution < 1.29 is 26.8 Å². The van der Waals surface area contributed by atoms with Gasteiger partial charge in [0.05, 0.1) is 35.5 Å². The molecule has 0 radical (unpaired) electrons. The highest BCUT2D eigenvalue weighted by atomic mass is 31.2. The number of hydrogen-bond acceptors (Lipinski definition) is 6. The van der Waals surface area contributed by atoms with Crippen molar-refractivity contribution in [3.05, 3.63) is 37.9 Å². The quantitative estimate of drug-likeness (QED) is 0.477. The van der Waals surface area contributed by atoms with Gasteiger partial charge in [-0.05, 0) is 52.0 Å². The molecule has 0 bridgehead atoms. The van der Waals surface area contributed by atoms with Gasteiger partial charge in [-0.15, -0.1) is 0 Å². The molecule has 8 nitrogen and oxygen atoms in total. The number of piperidine rings is 1. The summed E-state index contributed by atoms with van der Waals surface area (Å²) in [6.45, 7) is 4.29. The third kappa shape index (κ3) is 4.15. The molecule has 1 atom stereocenters. The van der Waals surface area contributed by atoms with Gasteiger partial charge in [-0.25, -0.2) is 0 Å². The van der Waals surface area contributed by atoms with Crippen molar-refractivity contribution in [2.24, 2.45) is 0 Å². The first-order valence-corrected chi connectivity index (χ1v) is 12.8. The number of hydrogen-bond donors (Lipinski definition) is 1. The number of halogens is 3. The molecule has 12 heteroatoms. The van der Waals surface area contributed by atoms with E-state index in [1.807, 2.05) is 0 Å². The molecule has 2 aliphatic heterocycles. The van der Waals surface area contributed by atoms with E-state index in [2.05, 4.69) is 4.98 Å². The molecule has 33 heavy (non-hydrogen) atoms. The number of rotatable bonds is 6. The first-order chi connectivity index (χ1) is 15.6. The molecule has 182 valence electrons. The van der Waals surface area contributed by atoms with Crippen LogP contribution in [-0.2, 0) is 26.2 Å². The van der Waals surface area contributed by atoms with Crippen molar-refractivity contribution in [1.82, 2.24) is 9.55 Å². The van der Waals surface area contributed by atoms with Crippen molar-refractivity contribution in [3.63, 3.8) is 0 Å². The fraction of sp³-hybridized carbons (Fsp3) is 0.619. The number of anilines is 1. The van der Waals surface area contributed by atoms with Crippen molar-refractivity contribution >= 4 is 24.3 Å². The Morgan fingerprint density at radius 1 is 1.12 bits per heavy atom. The SMILES string of the molecule is CCOP(=O)(OCC)C1CCc2c(N3CCCCC3)c(C(F)(F)F)cc3[nH]c(=O)c(=O)n1c23. The second-order valence-corrected chi connectivity index (χ2v) is 10.4. The molecule has 0 aliphatic carbocycles. The first kappa shape index (κ1) is 24.0. The van der Waals surface area contributed by atoms with E-state index in [0.29, 0.717) is 18.7 Å². The summed E-state index contributed by atoms with van der Waals surface area (Å²) in [5, 5.41) is 0. The maximum atomic E-state index is 14.1. The summed E-state index contributed by atoms with van der Waals surface area (Å²) < 4.78 is 68.0. The third-order valence-electron chi connectivity index (χ3n) is 6.18. The number of aromatic nitrogens is 2. The molecule has 0 amide bonds. The highest BCUT2D eigenvalue weighted by Gasteiger charge is 2.44. The summed E-state index contributed by atoms with van der Waals surface area (Å²) in [7, 11) is -3.88. The summed E-state index contributed by atoms with van der Waals surface area (Å²) >= 11 is 0. The van der Waals surface area contributed by atoms with Crippen LogP contribution in [-0.4, -0.2) is 35.9 Å². The topological polar surface area (TPSA) is 93.6 Å². The number of nitrogens with one attached hydrogen (secondary N) is 1. The summed E-state index contributed by atoms with van der Waals surface area (Å²) in [5.74, 6) is -1.10. The maximum Gasteiger partial charge on any atom is 0.418 e. The first-order valence-electron chi connectivity index (χ1n) is 11.2. The summed E-state index contributed by atoms with van der Waals surface area (Å²) in [5.41, 5.74) is -2.52. The summed E-state index contributed by atoms with van der Waals surface area (Å²) in [6, 6.07) is 0.884. The minimum atomic E-state index is -4.65. The van der Waals surface area contributed by atoms with Crippen molar-refractivity contribution in [2.45, 2.75) is 57.9 Å². The average Bonchev–Trinajstić information content (AvgIpc) is 2.77. The van der Waals surface area contributed by atoms with E-state index in [0.717, 1.165) is 29.9 Å².